The highest BCUT2D eigenvalue weighted by molar-refractivity contribution is 6.83. The zero-order valence-electron chi connectivity index (χ0n) is 16.5. The van der Waals surface area contributed by atoms with Gasteiger partial charge in [0.2, 0.25) is 0 Å². The van der Waals surface area contributed by atoms with Gasteiger partial charge in [0, 0.05) is 24.8 Å². The third-order valence-electron chi connectivity index (χ3n) is 3.91. The highest BCUT2D eigenvalue weighted by Gasteiger charge is 2.26. The lowest BCUT2D eigenvalue weighted by Gasteiger charge is -2.18. The van der Waals surface area contributed by atoms with E-state index in [0.29, 0.717) is 11.1 Å². The van der Waals surface area contributed by atoms with E-state index >= 15 is 0 Å². The number of carbonyl (C=O) groups excluding carboxylic acids is 1. The molecule has 0 saturated carbocycles. The third kappa shape index (κ3) is 5.78. The number of halogens is 1. The molecule has 1 amide bonds. The van der Waals surface area contributed by atoms with Crippen molar-refractivity contribution in [1.29, 1.82) is 5.26 Å². The van der Waals surface area contributed by atoms with Crippen LogP contribution in [0.2, 0.25) is 19.6 Å². The van der Waals surface area contributed by atoms with Gasteiger partial charge in [-0.05, 0) is 29.8 Å². The first-order valence-corrected chi connectivity index (χ1v) is 12.4. The molecule has 0 radical (unpaired) electrons. The molecule has 1 N–H and O–H groups in total. The van der Waals surface area contributed by atoms with Gasteiger partial charge in [0.25, 0.3) is 5.91 Å². The average Bonchev–Trinajstić information content (AvgIpc) is 2.66. The molecule has 0 heterocycles. The molecule has 0 aliphatic rings. The zero-order chi connectivity index (χ0) is 20.7. The van der Waals surface area contributed by atoms with Crippen LogP contribution in [-0.2, 0) is 16.1 Å². The molecule has 0 aliphatic heterocycles. The molecule has 0 spiro atoms. The van der Waals surface area contributed by atoms with Crippen LogP contribution in [0.1, 0.15) is 28.4 Å². The van der Waals surface area contributed by atoms with E-state index in [2.05, 4.69) is 36.4 Å². The van der Waals surface area contributed by atoms with Gasteiger partial charge in [0.05, 0.1) is 11.6 Å². The van der Waals surface area contributed by atoms with Gasteiger partial charge in [-0.3, -0.25) is 4.79 Å². The normalized spacial score (nSPS) is 11.7. The third-order valence-corrected chi connectivity index (χ3v) is 4.79. The van der Waals surface area contributed by atoms with Crippen LogP contribution in [0.3, 0.4) is 0 Å². The Morgan fingerprint density at radius 1 is 1.21 bits per heavy atom. The fourth-order valence-corrected chi connectivity index (χ4v) is 3.01. The van der Waals surface area contributed by atoms with Crippen LogP contribution in [0.4, 0.5) is 4.39 Å². The Kier molecular flexibility index (Phi) is 7.11. The second-order valence-corrected chi connectivity index (χ2v) is 12.1. The number of nitrogens with one attached hydrogen (secondary N) is 1. The van der Waals surface area contributed by atoms with Gasteiger partial charge in [-0.25, -0.2) is 4.39 Å². The van der Waals surface area contributed by atoms with E-state index in [1.165, 1.54) is 13.2 Å². The first kappa shape index (κ1) is 21.4. The van der Waals surface area contributed by atoms with E-state index in [1.807, 2.05) is 6.07 Å². The molecule has 0 saturated heterocycles. The van der Waals surface area contributed by atoms with Crippen molar-refractivity contribution in [2.24, 2.45) is 0 Å². The van der Waals surface area contributed by atoms with Crippen molar-refractivity contribution in [2.45, 2.75) is 32.3 Å². The van der Waals surface area contributed by atoms with Gasteiger partial charge in [0.1, 0.15) is 13.9 Å². The second-order valence-electron chi connectivity index (χ2n) is 7.34. The molecular weight excluding hydrogens is 371 g/mol. The quantitative estimate of drug-likeness (QED) is 0.617. The Hall–Kier alpha value is -2.93. The Bertz CT molecular complexity index is 948. The van der Waals surface area contributed by atoms with Crippen LogP contribution in [-0.4, -0.2) is 21.1 Å². The molecule has 0 unspecified atom stereocenters. The maximum atomic E-state index is 14.6. The summed E-state index contributed by atoms with van der Waals surface area (Å²) in [5.74, 6) is 2.06. The lowest BCUT2D eigenvalue weighted by atomic mass is 10.0. The van der Waals surface area contributed by atoms with E-state index in [9.17, 15) is 9.18 Å². The molecule has 144 valence electrons. The summed E-state index contributed by atoms with van der Waals surface area (Å²) >= 11 is 0. The van der Waals surface area contributed by atoms with Crippen molar-refractivity contribution in [2.75, 3.05) is 7.11 Å². The van der Waals surface area contributed by atoms with E-state index in [0.717, 1.165) is 5.56 Å². The summed E-state index contributed by atoms with van der Waals surface area (Å²) in [7, 11) is -0.298. The minimum atomic E-state index is -1.67. The summed E-state index contributed by atoms with van der Waals surface area (Å²) in [5.41, 5.74) is 5.18. The molecule has 28 heavy (non-hydrogen) atoms. The second kappa shape index (κ2) is 9.32. The van der Waals surface area contributed by atoms with Gasteiger partial charge < -0.3 is 10.1 Å². The summed E-state index contributed by atoms with van der Waals surface area (Å²) in [6.45, 7) is 6.53. The number of benzene rings is 2. The van der Waals surface area contributed by atoms with Gasteiger partial charge >= 0.3 is 0 Å². The number of amides is 1. The standard InChI is InChI=1S/C22H23FN2O2Si/c1-27-21(22(26)25-15-17-10-8-16(14-24)9-11-17)20-18(6-5-7-19(20)23)12-13-28(2,3)4/h5-11,21H,15H2,1-4H3,(H,25,26)/t21-/m0/s1. The average molecular weight is 395 g/mol. The lowest BCUT2D eigenvalue weighted by molar-refractivity contribution is -0.131. The van der Waals surface area contributed by atoms with Crippen LogP contribution >= 0.6 is 0 Å². The monoisotopic (exact) mass is 394 g/mol. The van der Waals surface area contributed by atoms with E-state index < -0.39 is 25.9 Å². The summed E-state index contributed by atoms with van der Waals surface area (Å²) in [4.78, 5) is 12.7. The summed E-state index contributed by atoms with van der Waals surface area (Å²) in [6, 6.07) is 13.5. The first-order valence-electron chi connectivity index (χ1n) is 8.86. The van der Waals surface area contributed by atoms with Crippen LogP contribution in [0.5, 0.6) is 0 Å². The van der Waals surface area contributed by atoms with Gasteiger partial charge in [0.15, 0.2) is 6.10 Å². The van der Waals surface area contributed by atoms with Crippen LogP contribution in [0, 0.1) is 28.6 Å². The smallest absolute Gasteiger partial charge is 0.254 e. The predicted octanol–water partition coefficient (Wildman–Crippen LogP) is 3.93. The molecule has 0 aliphatic carbocycles. The summed E-state index contributed by atoms with van der Waals surface area (Å²) < 4.78 is 19.9. The van der Waals surface area contributed by atoms with E-state index in [1.54, 1.807) is 36.4 Å². The topological polar surface area (TPSA) is 62.1 Å². The van der Waals surface area contributed by atoms with Gasteiger partial charge in [-0.15, -0.1) is 5.54 Å². The minimum Gasteiger partial charge on any atom is -0.367 e. The minimum absolute atomic E-state index is 0.146. The largest absolute Gasteiger partial charge is 0.367 e. The Morgan fingerprint density at radius 2 is 1.89 bits per heavy atom. The lowest BCUT2D eigenvalue weighted by Crippen LogP contribution is -2.31. The number of hydrogen-bond donors (Lipinski definition) is 1. The van der Waals surface area contributed by atoms with Gasteiger partial charge in [-0.2, -0.15) is 5.26 Å². The maximum Gasteiger partial charge on any atom is 0.254 e. The number of methoxy groups -OCH3 is 1. The SMILES string of the molecule is CO[C@H](C(=O)NCc1ccc(C#N)cc1)c1c(F)cccc1C#C[Si](C)(C)C. The number of rotatable bonds is 5. The molecule has 2 rings (SSSR count). The van der Waals surface area contributed by atoms with E-state index in [-0.39, 0.29) is 12.1 Å². The number of nitriles is 1. The fraction of sp³-hybridized carbons (Fsp3) is 0.273. The van der Waals surface area contributed by atoms with Crippen LogP contribution in [0.25, 0.3) is 0 Å². The Labute approximate surface area is 166 Å². The number of hydrogen-bond acceptors (Lipinski definition) is 3. The van der Waals surface area contributed by atoms with Gasteiger partial charge in [-0.1, -0.05) is 43.8 Å². The Morgan fingerprint density at radius 3 is 2.46 bits per heavy atom. The molecule has 2 aromatic carbocycles. The predicted molar refractivity (Wildman–Crippen MR) is 109 cm³/mol. The molecule has 0 aromatic heterocycles. The fourth-order valence-electron chi connectivity index (χ4n) is 2.50. The number of nitrogens with zero attached hydrogens (tertiary/aromatic N) is 1. The van der Waals surface area contributed by atoms with E-state index in [4.69, 9.17) is 10.00 Å². The van der Waals surface area contributed by atoms with Crippen molar-refractivity contribution < 1.29 is 13.9 Å². The summed E-state index contributed by atoms with van der Waals surface area (Å²) in [6.07, 6.45) is -1.11. The van der Waals surface area contributed by atoms with Crippen molar-refractivity contribution in [3.63, 3.8) is 0 Å². The zero-order valence-corrected chi connectivity index (χ0v) is 17.5. The molecule has 4 nitrogen and oxygen atoms in total. The molecular formula is C22H23FN2O2Si. The molecule has 2 aromatic rings. The van der Waals surface area contributed by atoms with Crippen molar-refractivity contribution in [3.05, 3.63) is 70.5 Å². The summed E-state index contributed by atoms with van der Waals surface area (Å²) in [5, 5.41) is 11.6. The Balaban J connectivity index is 2.24. The number of carbonyl (C=O) groups is 1. The molecule has 0 fully saturated rings. The van der Waals surface area contributed by atoms with Crippen LogP contribution < -0.4 is 5.32 Å². The van der Waals surface area contributed by atoms with Crippen molar-refractivity contribution in [1.82, 2.24) is 5.32 Å². The van der Waals surface area contributed by atoms with Crippen molar-refractivity contribution in [3.8, 4) is 17.5 Å². The molecule has 0 bridgehead atoms. The highest BCUT2D eigenvalue weighted by Crippen LogP contribution is 2.24. The number of ether oxygens (including phenoxy) is 1. The van der Waals surface area contributed by atoms with Crippen molar-refractivity contribution >= 4 is 14.0 Å². The highest BCUT2D eigenvalue weighted by atomic mass is 28.3. The molecule has 6 heteroatoms. The molecule has 1 atom stereocenters. The van der Waals surface area contributed by atoms with Crippen LogP contribution in [0.15, 0.2) is 42.5 Å². The maximum absolute atomic E-state index is 14.6. The first-order chi connectivity index (χ1) is 13.2.